The quantitative estimate of drug-likeness (QED) is 0.897. The molecule has 3 heterocycles. The lowest BCUT2D eigenvalue weighted by molar-refractivity contribution is 0.0735. The van der Waals surface area contributed by atoms with Crippen molar-refractivity contribution in [2.45, 2.75) is 18.9 Å². The van der Waals surface area contributed by atoms with Crippen LogP contribution < -0.4 is 5.73 Å². The van der Waals surface area contributed by atoms with Gasteiger partial charge in [-0.3, -0.25) is 9.78 Å². The van der Waals surface area contributed by atoms with Gasteiger partial charge in [0.2, 0.25) is 0 Å². The van der Waals surface area contributed by atoms with E-state index in [0.29, 0.717) is 12.2 Å². The van der Waals surface area contributed by atoms with E-state index in [1.54, 1.807) is 23.1 Å². The number of hydrogen-bond donors (Lipinski definition) is 1. The monoisotopic (exact) mass is 271 g/mol. The van der Waals surface area contributed by atoms with E-state index < -0.39 is 0 Å². The molecule has 0 spiro atoms. The lowest BCUT2D eigenvalue weighted by Gasteiger charge is -2.23. The zero-order valence-electron chi connectivity index (χ0n) is 11.1. The number of carbonyl (C=O) groups is 1. The molecule has 2 aromatic rings. The third-order valence-electron chi connectivity index (χ3n) is 3.64. The van der Waals surface area contributed by atoms with E-state index in [9.17, 15) is 4.79 Å². The zero-order valence-corrected chi connectivity index (χ0v) is 11.1. The van der Waals surface area contributed by atoms with Crippen molar-refractivity contribution >= 4 is 5.91 Å². The largest absolute Gasteiger partial charge is 0.333 e. The second-order valence-corrected chi connectivity index (χ2v) is 4.88. The van der Waals surface area contributed by atoms with Crippen molar-refractivity contribution < 1.29 is 4.79 Å². The molecule has 2 N–H and O–H groups in total. The highest BCUT2D eigenvalue weighted by atomic mass is 16.2. The van der Waals surface area contributed by atoms with Gasteiger partial charge in [-0.25, -0.2) is 4.68 Å². The summed E-state index contributed by atoms with van der Waals surface area (Å²) >= 11 is 0. The van der Waals surface area contributed by atoms with Gasteiger partial charge in [0, 0.05) is 37.7 Å². The van der Waals surface area contributed by atoms with Crippen molar-refractivity contribution in [2.75, 3.05) is 13.1 Å². The maximum Gasteiger partial charge on any atom is 0.272 e. The Balaban J connectivity index is 1.87. The molecule has 0 saturated carbocycles. The summed E-state index contributed by atoms with van der Waals surface area (Å²) in [6, 6.07) is 5.57. The first-order chi connectivity index (χ1) is 9.79. The van der Waals surface area contributed by atoms with Crippen LogP contribution in [0, 0.1) is 0 Å². The molecule has 1 atom stereocenters. The van der Waals surface area contributed by atoms with Gasteiger partial charge in [0.1, 0.15) is 5.69 Å². The molecular formula is C14H17N5O. The highest BCUT2D eigenvalue weighted by Crippen LogP contribution is 2.19. The molecule has 1 saturated heterocycles. The second kappa shape index (κ2) is 5.42. The fraction of sp³-hybridized carbons (Fsp3) is 0.357. The molecule has 1 unspecified atom stereocenters. The van der Waals surface area contributed by atoms with Crippen molar-refractivity contribution in [3.8, 4) is 5.69 Å². The molecule has 1 fully saturated rings. The van der Waals surface area contributed by atoms with Gasteiger partial charge in [-0.15, -0.1) is 0 Å². The summed E-state index contributed by atoms with van der Waals surface area (Å²) in [7, 11) is 0. The zero-order chi connectivity index (χ0) is 13.9. The summed E-state index contributed by atoms with van der Waals surface area (Å²) in [6.07, 6.45) is 7.15. The molecule has 3 rings (SSSR count). The van der Waals surface area contributed by atoms with E-state index in [1.165, 1.54) is 0 Å². The Labute approximate surface area is 117 Å². The van der Waals surface area contributed by atoms with E-state index in [0.717, 1.165) is 25.1 Å². The Morgan fingerprint density at radius 1 is 1.45 bits per heavy atom. The maximum absolute atomic E-state index is 12.5. The molecule has 0 aliphatic carbocycles. The average Bonchev–Trinajstić information content (AvgIpc) is 3.17. The van der Waals surface area contributed by atoms with Gasteiger partial charge in [-0.2, -0.15) is 5.10 Å². The van der Waals surface area contributed by atoms with Gasteiger partial charge in [-0.1, -0.05) is 0 Å². The number of nitrogens with two attached hydrogens (primary N) is 1. The van der Waals surface area contributed by atoms with Crippen LogP contribution in [0.15, 0.2) is 36.8 Å². The number of amides is 1. The van der Waals surface area contributed by atoms with E-state index in [1.807, 2.05) is 23.2 Å². The molecule has 2 aromatic heterocycles. The molecule has 1 aliphatic rings. The summed E-state index contributed by atoms with van der Waals surface area (Å²) in [4.78, 5) is 18.5. The Morgan fingerprint density at radius 3 is 3.10 bits per heavy atom. The predicted molar refractivity (Wildman–Crippen MR) is 74.5 cm³/mol. The Morgan fingerprint density at radius 2 is 2.35 bits per heavy atom. The minimum Gasteiger partial charge on any atom is -0.333 e. The standard InChI is InChI=1S/C14H17N5O/c15-10-12-3-1-7-18(12)14(20)13-9-11(4-6-16-13)19-8-2-5-17-19/h2,4-6,8-9,12H,1,3,7,10,15H2. The predicted octanol–water partition coefficient (Wildman–Crippen LogP) is 0.831. The van der Waals surface area contributed by atoms with Crippen LogP contribution in [0.3, 0.4) is 0 Å². The number of likely N-dealkylation sites (tertiary alicyclic amines) is 1. The third-order valence-corrected chi connectivity index (χ3v) is 3.64. The van der Waals surface area contributed by atoms with Crippen molar-refractivity contribution in [1.29, 1.82) is 0 Å². The lowest BCUT2D eigenvalue weighted by Crippen LogP contribution is -2.40. The van der Waals surface area contributed by atoms with Crippen LogP contribution in [0.25, 0.3) is 5.69 Å². The van der Waals surface area contributed by atoms with Gasteiger partial charge in [0.05, 0.1) is 5.69 Å². The van der Waals surface area contributed by atoms with Crippen LogP contribution in [0.2, 0.25) is 0 Å². The van der Waals surface area contributed by atoms with Crippen molar-refractivity contribution in [1.82, 2.24) is 19.7 Å². The topological polar surface area (TPSA) is 77.0 Å². The Bertz CT molecular complexity index is 595. The summed E-state index contributed by atoms with van der Waals surface area (Å²) < 4.78 is 1.71. The van der Waals surface area contributed by atoms with Crippen molar-refractivity contribution in [2.24, 2.45) is 5.73 Å². The summed E-state index contributed by atoms with van der Waals surface area (Å²) in [5, 5.41) is 4.16. The Hall–Kier alpha value is -2.21. The summed E-state index contributed by atoms with van der Waals surface area (Å²) in [5.41, 5.74) is 6.99. The van der Waals surface area contributed by atoms with Crippen LogP contribution in [0.5, 0.6) is 0 Å². The van der Waals surface area contributed by atoms with E-state index >= 15 is 0 Å². The minimum absolute atomic E-state index is 0.0491. The molecule has 1 aliphatic heterocycles. The first-order valence-electron chi connectivity index (χ1n) is 6.76. The van der Waals surface area contributed by atoms with Crippen LogP contribution in [0.1, 0.15) is 23.3 Å². The van der Waals surface area contributed by atoms with E-state index in [4.69, 9.17) is 5.73 Å². The summed E-state index contributed by atoms with van der Waals surface area (Å²) in [6.45, 7) is 1.26. The lowest BCUT2D eigenvalue weighted by atomic mass is 10.2. The average molecular weight is 271 g/mol. The minimum atomic E-state index is -0.0491. The molecule has 6 nitrogen and oxygen atoms in total. The second-order valence-electron chi connectivity index (χ2n) is 4.88. The van der Waals surface area contributed by atoms with Crippen LogP contribution in [-0.4, -0.2) is 44.7 Å². The fourth-order valence-electron chi connectivity index (χ4n) is 2.60. The maximum atomic E-state index is 12.5. The first-order valence-corrected chi connectivity index (χ1v) is 6.76. The van der Waals surface area contributed by atoms with Crippen LogP contribution >= 0.6 is 0 Å². The molecule has 20 heavy (non-hydrogen) atoms. The highest BCUT2D eigenvalue weighted by Gasteiger charge is 2.29. The molecule has 6 heteroatoms. The van der Waals surface area contributed by atoms with Gasteiger partial charge < -0.3 is 10.6 Å². The molecule has 104 valence electrons. The molecular weight excluding hydrogens is 254 g/mol. The number of rotatable bonds is 3. The normalized spacial score (nSPS) is 18.4. The number of carbonyl (C=O) groups excluding carboxylic acids is 1. The number of nitrogens with zero attached hydrogens (tertiary/aromatic N) is 4. The van der Waals surface area contributed by atoms with Crippen molar-refractivity contribution in [3.63, 3.8) is 0 Å². The molecule has 1 amide bonds. The third kappa shape index (κ3) is 2.30. The Kier molecular flexibility index (Phi) is 3.47. The van der Waals surface area contributed by atoms with E-state index in [-0.39, 0.29) is 11.9 Å². The SMILES string of the molecule is NCC1CCCN1C(=O)c1cc(-n2cccn2)ccn1. The number of hydrogen-bond acceptors (Lipinski definition) is 4. The van der Waals surface area contributed by atoms with Gasteiger partial charge >= 0.3 is 0 Å². The van der Waals surface area contributed by atoms with Crippen molar-refractivity contribution in [3.05, 3.63) is 42.5 Å². The highest BCUT2D eigenvalue weighted by molar-refractivity contribution is 5.93. The molecule has 0 bridgehead atoms. The van der Waals surface area contributed by atoms with E-state index in [2.05, 4.69) is 10.1 Å². The first kappa shape index (κ1) is 12.8. The van der Waals surface area contributed by atoms with Crippen LogP contribution in [0.4, 0.5) is 0 Å². The summed E-state index contributed by atoms with van der Waals surface area (Å²) in [5.74, 6) is -0.0491. The van der Waals surface area contributed by atoms with Gasteiger partial charge in [-0.05, 0) is 31.0 Å². The van der Waals surface area contributed by atoms with Crippen LogP contribution in [-0.2, 0) is 0 Å². The number of aromatic nitrogens is 3. The molecule has 0 aromatic carbocycles. The van der Waals surface area contributed by atoms with Gasteiger partial charge in [0.15, 0.2) is 0 Å². The fourth-order valence-corrected chi connectivity index (χ4v) is 2.60. The molecule has 0 radical (unpaired) electrons. The number of pyridine rings is 1. The van der Waals surface area contributed by atoms with Gasteiger partial charge in [0.25, 0.3) is 5.91 Å². The smallest absolute Gasteiger partial charge is 0.272 e.